The number of nitrogens with one attached hydrogen (secondary N) is 1. The van der Waals surface area contributed by atoms with Crippen molar-refractivity contribution in [1.29, 1.82) is 0 Å². The molecule has 5 nitrogen and oxygen atoms in total. The minimum Gasteiger partial charge on any atom is -0.399 e. The molecule has 21 heavy (non-hydrogen) atoms. The number of nitrogens with zero attached hydrogens (tertiary/aromatic N) is 1. The van der Waals surface area contributed by atoms with E-state index in [0.717, 1.165) is 39.3 Å². The zero-order chi connectivity index (χ0) is 15.2. The fourth-order valence-corrected chi connectivity index (χ4v) is 2.39. The Bertz CT molecular complexity index is 502. The summed E-state index contributed by atoms with van der Waals surface area (Å²) in [7, 11) is 0. The third-order valence-electron chi connectivity index (χ3n) is 3.56. The monoisotopic (exact) mass is 295 g/mol. The lowest BCUT2D eigenvalue weighted by Gasteiger charge is -2.26. The first-order valence-corrected chi connectivity index (χ1v) is 7.22. The number of anilines is 1. The fourth-order valence-electron chi connectivity index (χ4n) is 2.39. The van der Waals surface area contributed by atoms with E-state index in [9.17, 15) is 9.18 Å². The molecule has 0 aliphatic carbocycles. The highest BCUT2D eigenvalue weighted by molar-refractivity contribution is 5.95. The van der Waals surface area contributed by atoms with Crippen LogP contribution in [-0.2, 0) is 4.74 Å². The SMILES string of the molecule is Cc1cc(N)cc(C(=O)NCCCN2CCOCC2)c1F. The molecule has 0 atom stereocenters. The first kappa shape index (κ1) is 15.7. The number of ether oxygens (including phenoxy) is 1. The van der Waals surface area contributed by atoms with Gasteiger partial charge in [0.2, 0.25) is 0 Å². The Morgan fingerprint density at radius 3 is 2.86 bits per heavy atom. The van der Waals surface area contributed by atoms with Crippen LogP contribution in [0.2, 0.25) is 0 Å². The molecule has 1 heterocycles. The summed E-state index contributed by atoms with van der Waals surface area (Å²) in [4.78, 5) is 14.3. The van der Waals surface area contributed by atoms with Gasteiger partial charge in [0.1, 0.15) is 5.82 Å². The highest BCUT2D eigenvalue weighted by Gasteiger charge is 2.14. The first-order chi connectivity index (χ1) is 10.1. The first-order valence-electron chi connectivity index (χ1n) is 7.22. The molecule has 0 radical (unpaired) electrons. The van der Waals surface area contributed by atoms with Crippen LogP contribution < -0.4 is 11.1 Å². The Labute approximate surface area is 124 Å². The van der Waals surface area contributed by atoms with Gasteiger partial charge in [-0.25, -0.2) is 4.39 Å². The van der Waals surface area contributed by atoms with Gasteiger partial charge in [0.25, 0.3) is 5.91 Å². The van der Waals surface area contributed by atoms with E-state index in [1.165, 1.54) is 12.1 Å². The standard InChI is InChI=1S/C15H22FN3O2/c1-11-9-12(17)10-13(14(11)16)15(20)18-3-2-4-19-5-7-21-8-6-19/h9-10H,2-8,17H2,1H3,(H,18,20). The lowest BCUT2D eigenvalue weighted by Crippen LogP contribution is -2.38. The molecule has 2 rings (SSSR count). The molecule has 1 aliphatic rings. The Morgan fingerprint density at radius 2 is 2.14 bits per heavy atom. The number of morpholine rings is 1. The highest BCUT2D eigenvalue weighted by atomic mass is 19.1. The Hall–Kier alpha value is -1.66. The van der Waals surface area contributed by atoms with Crippen molar-refractivity contribution in [2.75, 3.05) is 45.1 Å². The average molecular weight is 295 g/mol. The summed E-state index contributed by atoms with van der Waals surface area (Å²) in [6.45, 7) is 6.40. The van der Waals surface area contributed by atoms with Gasteiger partial charge < -0.3 is 15.8 Å². The van der Waals surface area contributed by atoms with Crippen LogP contribution in [-0.4, -0.2) is 50.2 Å². The van der Waals surface area contributed by atoms with Gasteiger partial charge in [-0.2, -0.15) is 0 Å². The van der Waals surface area contributed by atoms with E-state index in [2.05, 4.69) is 10.2 Å². The topological polar surface area (TPSA) is 67.6 Å². The van der Waals surface area contributed by atoms with Crippen LogP contribution in [0.3, 0.4) is 0 Å². The molecule has 1 amide bonds. The largest absolute Gasteiger partial charge is 0.399 e. The lowest BCUT2D eigenvalue weighted by atomic mass is 10.1. The molecule has 1 fully saturated rings. The maximum atomic E-state index is 13.9. The fraction of sp³-hybridized carbons (Fsp3) is 0.533. The molecule has 0 aromatic heterocycles. The summed E-state index contributed by atoms with van der Waals surface area (Å²) < 4.78 is 19.2. The zero-order valence-corrected chi connectivity index (χ0v) is 12.3. The van der Waals surface area contributed by atoms with Crippen LogP contribution in [0.25, 0.3) is 0 Å². The third-order valence-corrected chi connectivity index (χ3v) is 3.56. The average Bonchev–Trinajstić information content (AvgIpc) is 2.48. The molecule has 0 bridgehead atoms. The molecule has 1 aromatic carbocycles. The van der Waals surface area contributed by atoms with Crippen molar-refractivity contribution >= 4 is 11.6 Å². The van der Waals surface area contributed by atoms with Crippen LogP contribution in [0.4, 0.5) is 10.1 Å². The molecule has 0 spiro atoms. The van der Waals surface area contributed by atoms with Crippen molar-refractivity contribution in [2.24, 2.45) is 0 Å². The van der Waals surface area contributed by atoms with E-state index in [1.807, 2.05) is 0 Å². The second-order valence-corrected chi connectivity index (χ2v) is 5.26. The molecule has 116 valence electrons. The van der Waals surface area contributed by atoms with Gasteiger partial charge >= 0.3 is 0 Å². The van der Waals surface area contributed by atoms with Crippen molar-refractivity contribution < 1.29 is 13.9 Å². The van der Waals surface area contributed by atoms with E-state index >= 15 is 0 Å². The molecule has 1 aliphatic heterocycles. The number of carbonyl (C=O) groups is 1. The van der Waals surface area contributed by atoms with Gasteiger partial charge in [-0.05, 0) is 37.6 Å². The normalized spacial score (nSPS) is 15.9. The summed E-state index contributed by atoms with van der Waals surface area (Å²) in [6.07, 6.45) is 0.828. The maximum Gasteiger partial charge on any atom is 0.254 e. The number of benzene rings is 1. The van der Waals surface area contributed by atoms with Gasteiger partial charge in [-0.3, -0.25) is 9.69 Å². The molecule has 6 heteroatoms. The number of nitrogen functional groups attached to an aromatic ring is 1. The quantitative estimate of drug-likeness (QED) is 0.632. The molecular weight excluding hydrogens is 273 g/mol. The summed E-state index contributed by atoms with van der Waals surface area (Å²) in [5.74, 6) is -0.917. The van der Waals surface area contributed by atoms with Crippen molar-refractivity contribution in [3.05, 3.63) is 29.1 Å². The molecule has 1 aromatic rings. The number of halogens is 1. The highest BCUT2D eigenvalue weighted by Crippen LogP contribution is 2.16. The maximum absolute atomic E-state index is 13.9. The molecule has 0 unspecified atom stereocenters. The predicted octanol–water partition coefficient (Wildman–Crippen LogP) is 1.17. The van der Waals surface area contributed by atoms with Crippen molar-refractivity contribution in [2.45, 2.75) is 13.3 Å². The third kappa shape index (κ3) is 4.41. The smallest absolute Gasteiger partial charge is 0.254 e. The summed E-state index contributed by atoms with van der Waals surface area (Å²) in [6, 6.07) is 2.89. The molecule has 3 N–H and O–H groups in total. The second kappa shape index (κ2) is 7.38. The lowest BCUT2D eigenvalue weighted by molar-refractivity contribution is 0.0374. The second-order valence-electron chi connectivity index (χ2n) is 5.26. The number of carbonyl (C=O) groups excluding carboxylic acids is 1. The summed E-state index contributed by atoms with van der Waals surface area (Å²) in [5.41, 5.74) is 6.44. The minimum atomic E-state index is -0.505. The van der Waals surface area contributed by atoms with Gasteiger partial charge in [0.15, 0.2) is 0 Å². The van der Waals surface area contributed by atoms with Crippen LogP contribution >= 0.6 is 0 Å². The van der Waals surface area contributed by atoms with E-state index in [1.54, 1.807) is 6.92 Å². The number of nitrogens with two attached hydrogens (primary N) is 1. The van der Waals surface area contributed by atoms with Crippen molar-refractivity contribution in [3.8, 4) is 0 Å². The zero-order valence-electron chi connectivity index (χ0n) is 12.3. The summed E-state index contributed by atoms with van der Waals surface area (Å²) >= 11 is 0. The molecule has 1 saturated heterocycles. The van der Waals surface area contributed by atoms with Gasteiger partial charge in [0.05, 0.1) is 18.8 Å². The minimum absolute atomic E-state index is 0.0128. The van der Waals surface area contributed by atoms with Gasteiger partial charge in [-0.1, -0.05) is 0 Å². The Balaban J connectivity index is 1.79. The van der Waals surface area contributed by atoms with Crippen LogP contribution in [0.15, 0.2) is 12.1 Å². The number of aryl methyl sites for hydroxylation is 1. The van der Waals surface area contributed by atoms with Crippen molar-refractivity contribution in [3.63, 3.8) is 0 Å². The van der Waals surface area contributed by atoms with Crippen LogP contribution in [0, 0.1) is 12.7 Å². The Kier molecular flexibility index (Phi) is 5.52. The van der Waals surface area contributed by atoms with Crippen LogP contribution in [0.1, 0.15) is 22.3 Å². The molecule has 0 saturated carbocycles. The number of hydrogen-bond acceptors (Lipinski definition) is 4. The van der Waals surface area contributed by atoms with E-state index in [0.29, 0.717) is 17.8 Å². The predicted molar refractivity (Wildman–Crippen MR) is 79.8 cm³/mol. The van der Waals surface area contributed by atoms with Crippen LogP contribution in [0.5, 0.6) is 0 Å². The van der Waals surface area contributed by atoms with E-state index < -0.39 is 11.7 Å². The van der Waals surface area contributed by atoms with Gasteiger partial charge in [0, 0.05) is 25.3 Å². The Morgan fingerprint density at radius 1 is 1.43 bits per heavy atom. The number of amides is 1. The number of hydrogen-bond donors (Lipinski definition) is 2. The van der Waals surface area contributed by atoms with Gasteiger partial charge in [-0.15, -0.1) is 0 Å². The van der Waals surface area contributed by atoms with E-state index in [-0.39, 0.29) is 5.56 Å². The molecular formula is C15H22FN3O2. The number of rotatable bonds is 5. The van der Waals surface area contributed by atoms with E-state index in [4.69, 9.17) is 10.5 Å². The summed E-state index contributed by atoms with van der Waals surface area (Å²) in [5, 5.41) is 2.74. The van der Waals surface area contributed by atoms with Crippen molar-refractivity contribution in [1.82, 2.24) is 10.2 Å².